The summed E-state index contributed by atoms with van der Waals surface area (Å²) in [7, 11) is 0. The van der Waals surface area contributed by atoms with E-state index in [4.69, 9.17) is 4.98 Å². The van der Waals surface area contributed by atoms with Gasteiger partial charge in [-0.3, -0.25) is 4.79 Å². The van der Waals surface area contributed by atoms with Gasteiger partial charge in [0.1, 0.15) is 5.82 Å². The Morgan fingerprint density at radius 3 is 2.75 bits per heavy atom. The Morgan fingerprint density at radius 1 is 1.29 bits per heavy atom. The Balaban J connectivity index is 1.46. The Morgan fingerprint density at radius 2 is 2.04 bits per heavy atom. The lowest BCUT2D eigenvalue weighted by Crippen LogP contribution is -2.44. The number of pyridine rings is 1. The Kier molecular flexibility index (Phi) is 2.90. The monoisotopic (exact) mass is 324 g/mol. The number of carbonyl (C=O) groups is 1. The largest absolute Gasteiger partial charge is 0.344 e. The summed E-state index contributed by atoms with van der Waals surface area (Å²) in [5.74, 6) is 3.00. The van der Waals surface area contributed by atoms with Crippen molar-refractivity contribution in [2.75, 3.05) is 13.1 Å². The molecule has 0 aromatic carbocycles. The molecule has 5 nitrogen and oxygen atoms in total. The van der Waals surface area contributed by atoms with Gasteiger partial charge in [-0.05, 0) is 63.7 Å². The number of rotatable bonds is 4. The molecule has 3 fully saturated rings. The first-order chi connectivity index (χ1) is 11.6. The van der Waals surface area contributed by atoms with Crippen molar-refractivity contribution < 1.29 is 4.79 Å². The predicted octanol–water partition coefficient (Wildman–Crippen LogP) is 2.03. The summed E-state index contributed by atoms with van der Waals surface area (Å²) in [5, 5.41) is 6.63. The fourth-order valence-electron chi connectivity index (χ4n) is 4.41. The molecular weight excluding hydrogens is 300 g/mol. The number of piperidine rings is 1. The molecule has 2 aromatic heterocycles. The fraction of sp³-hybridized carbons (Fsp3) is 0.579. The molecule has 0 bridgehead atoms. The van der Waals surface area contributed by atoms with Crippen molar-refractivity contribution in [3.8, 4) is 0 Å². The number of carbonyl (C=O) groups excluding carboxylic acids is 1. The van der Waals surface area contributed by atoms with Crippen molar-refractivity contribution in [3.05, 3.63) is 35.9 Å². The van der Waals surface area contributed by atoms with Gasteiger partial charge in [0.2, 0.25) is 5.91 Å². The van der Waals surface area contributed by atoms with Gasteiger partial charge in [0, 0.05) is 18.0 Å². The maximum atomic E-state index is 12.7. The van der Waals surface area contributed by atoms with Crippen LogP contribution in [0.3, 0.4) is 0 Å². The molecule has 3 atom stereocenters. The first kappa shape index (κ1) is 14.5. The molecule has 1 saturated heterocycles. The van der Waals surface area contributed by atoms with Gasteiger partial charge in [-0.15, -0.1) is 0 Å². The summed E-state index contributed by atoms with van der Waals surface area (Å²) >= 11 is 0. The molecule has 3 heterocycles. The quantitative estimate of drug-likeness (QED) is 0.905. The van der Waals surface area contributed by atoms with Crippen molar-refractivity contribution in [2.45, 2.75) is 38.1 Å². The van der Waals surface area contributed by atoms with E-state index in [1.807, 2.05) is 6.07 Å². The second-order valence-corrected chi connectivity index (χ2v) is 8.18. The van der Waals surface area contributed by atoms with E-state index >= 15 is 0 Å². The van der Waals surface area contributed by atoms with Gasteiger partial charge in [-0.2, -0.15) is 0 Å². The number of nitrogens with zero attached hydrogens (tertiary/aromatic N) is 2. The number of fused-ring (bicyclic) bond motifs is 2. The molecule has 2 aliphatic carbocycles. The van der Waals surface area contributed by atoms with Crippen LogP contribution in [-0.2, 0) is 10.3 Å². The van der Waals surface area contributed by atoms with Crippen LogP contribution in [0.15, 0.2) is 24.4 Å². The van der Waals surface area contributed by atoms with Gasteiger partial charge in [-0.1, -0.05) is 6.07 Å². The van der Waals surface area contributed by atoms with Crippen molar-refractivity contribution in [3.63, 3.8) is 0 Å². The number of hydrogen-bond donors (Lipinski definition) is 2. The minimum Gasteiger partial charge on any atom is -0.344 e. The molecule has 0 radical (unpaired) electrons. The Hall–Kier alpha value is -1.88. The third kappa shape index (κ3) is 2.10. The van der Waals surface area contributed by atoms with E-state index in [1.165, 1.54) is 24.1 Å². The molecule has 2 unspecified atom stereocenters. The summed E-state index contributed by atoms with van der Waals surface area (Å²) in [6, 6.07) is 6.24. The summed E-state index contributed by atoms with van der Waals surface area (Å²) in [6.07, 6.45) is 4.52. The van der Waals surface area contributed by atoms with Crippen LogP contribution >= 0.6 is 0 Å². The lowest BCUT2D eigenvalue weighted by atomic mass is 10.0. The molecule has 126 valence electrons. The van der Waals surface area contributed by atoms with Crippen molar-refractivity contribution in [1.82, 2.24) is 20.0 Å². The summed E-state index contributed by atoms with van der Waals surface area (Å²) in [4.78, 5) is 17.7. The summed E-state index contributed by atoms with van der Waals surface area (Å²) in [5.41, 5.74) is 1.91. The standard InChI is InChI=1S/C19H24N4O/c1-19(2,22-17(24)15-12-9-20-10-13(12)15)18-21-16(11-6-7-11)14-5-3-4-8-23(14)18/h3-5,8,11-13,15,20H,6-7,9-10H2,1-2H3,(H,22,24)/t12-,13?,15?/m0/s1. The maximum absolute atomic E-state index is 12.7. The number of aromatic nitrogens is 2. The lowest BCUT2D eigenvalue weighted by Gasteiger charge is -2.25. The number of amides is 1. The molecule has 2 aromatic rings. The number of hydrogen-bond acceptors (Lipinski definition) is 3. The lowest BCUT2D eigenvalue weighted by molar-refractivity contribution is -0.124. The molecular formula is C19H24N4O. The molecule has 24 heavy (non-hydrogen) atoms. The van der Waals surface area contributed by atoms with Gasteiger partial charge >= 0.3 is 0 Å². The van der Waals surface area contributed by atoms with E-state index in [2.05, 4.69) is 47.2 Å². The first-order valence-electron chi connectivity index (χ1n) is 9.06. The molecule has 0 spiro atoms. The predicted molar refractivity (Wildman–Crippen MR) is 91.7 cm³/mol. The van der Waals surface area contributed by atoms with Gasteiger partial charge < -0.3 is 15.0 Å². The minimum absolute atomic E-state index is 0.192. The highest BCUT2D eigenvalue weighted by Gasteiger charge is 2.57. The third-order valence-electron chi connectivity index (χ3n) is 5.93. The van der Waals surface area contributed by atoms with Crippen molar-refractivity contribution >= 4 is 11.4 Å². The topological polar surface area (TPSA) is 58.4 Å². The fourth-order valence-corrected chi connectivity index (χ4v) is 4.41. The van der Waals surface area contributed by atoms with E-state index in [-0.39, 0.29) is 11.8 Å². The Bertz CT molecular complexity index is 810. The van der Waals surface area contributed by atoms with E-state index < -0.39 is 5.54 Å². The average Bonchev–Trinajstić information content (AvgIpc) is 3.43. The van der Waals surface area contributed by atoms with Crippen LogP contribution in [0.1, 0.15) is 44.1 Å². The van der Waals surface area contributed by atoms with E-state index in [9.17, 15) is 4.79 Å². The van der Waals surface area contributed by atoms with Crippen molar-refractivity contribution in [1.29, 1.82) is 0 Å². The molecule has 2 saturated carbocycles. The zero-order valence-corrected chi connectivity index (χ0v) is 14.2. The molecule has 5 heteroatoms. The van der Waals surface area contributed by atoms with Crippen LogP contribution < -0.4 is 10.6 Å². The van der Waals surface area contributed by atoms with Crippen molar-refractivity contribution in [2.24, 2.45) is 17.8 Å². The van der Waals surface area contributed by atoms with Crippen LogP contribution in [0.25, 0.3) is 5.52 Å². The number of imidazole rings is 1. The van der Waals surface area contributed by atoms with Crippen LogP contribution in [-0.4, -0.2) is 28.4 Å². The highest BCUT2D eigenvalue weighted by atomic mass is 16.2. The van der Waals surface area contributed by atoms with Gasteiger partial charge in [0.05, 0.1) is 16.7 Å². The highest BCUT2D eigenvalue weighted by Crippen LogP contribution is 2.49. The SMILES string of the molecule is CC(C)(NC(=O)C1C2CNC[C@@H]21)c1nc(C2CC2)c2ccccn12. The Labute approximate surface area is 141 Å². The van der Waals surface area contributed by atoms with Gasteiger partial charge in [0.25, 0.3) is 0 Å². The number of nitrogens with one attached hydrogen (secondary N) is 2. The van der Waals surface area contributed by atoms with Crippen LogP contribution in [0.4, 0.5) is 0 Å². The highest BCUT2D eigenvalue weighted by molar-refractivity contribution is 5.83. The molecule has 2 N–H and O–H groups in total. The van der Waals surface area contributed by atoms with E-state index in [0.717, 1.165) is 18.9 Å². The molecule has 1 amide bonds. The smallest absolute Gasteiger partial charge is 0.224 e. The second-order valence-electron chi connectivity index (χ2n) is 8.18. The van der Waals surface area contributed by atoms with E-state index in [0.29, 0.717) is 17.8 Å². The van der Waals surface area contributed by atoms with Crippen LogP contribution in [0.2, 0.25) is 0 Å². The molecule has 1 aliphatic heterocycles. The van der Waals surface area contributed by atoms with Gasteiger partial charge in [-0.25, -0.2) is 4.98 Å². The summed E-state index contributed by atoms with van der Waals surface area (Å²) < 4.78 is 2.16. The third-order valence-corrected chi connectivity index (χ3v) is 5.93. The van der Waals surface area contributed by atoms with E-state index in [1.54, 1.807) is 0 Å². The molecule has 3 aliphatic rings. The summed E-state index contributed by atoms with van der Waals surface area (Å²) in [6.45, 7) is 6.11. The van der Waals surface area contributed by atoms with Gasteiger partial charge in [0.15, 0.2) is 0 Å². The zero-order chi connectivity index (χ0) is 16.5. The zero-order valence-electron chi connectivity index (χ0n) is 14.2. The normalized spacial score (nSPS) is 28.8. The first-order valence-corrected chi connectivity index (χ1v) is 9.06. The second kappa shape index (κ2) is 4.82. The van der Waals surface area contributed by atoms with Crippen LogP contribution in [0.5, 0.6) is 0 Å². The molecule has 5 rings (SSSR count). The van der Waals surface area contributed by atoms with Crippen LogP contribution in [0, 0.1) is 17.8 Å². The minimum atomic E-state index is -0.473. The maximum Gasteiger partial charge on any atom is 0.224 e. The average molecular weight is 324 g/mol.